The fourth-order valence-corrected chi connectivity index (χ4v) is 3.02. The first-order chi connectivity index (χ1) is 10.2. The second-order valence-electron chi connectivity index (χ2n) is 5.77. The number of aryl methyl sites for hydroxylation is 3. The summed E-state index contributed by atoms with van der Waals surface area (Å²) in [6, 6.07) is 14.4. The number of amides is 1. The molecular formula is C19H21NO. The Morgan fingerprint density at radius 3 is 2.76 bits per heavy atom. The smallest absolute Gasteiger partial charge is 0.251 e. The molecule has 0 aliphatic heterocycles. The first-order valence-electron chi connectivity index (χ1n) is 7.68. The van der Waals surface area contributed by atoms with Gasteiger partial charge in [0, 0.05) is 12.1 Å². The Hall–Kier alpha value is -2.09. The summed E-state index contributed by atoms with van der Waals surface area (Å²) in [6.07, 6.45) is 4.36. The molecule has 0 saturated carbocycles. The van der Waals surface area contributed by atoms with Crippen LogP contribution in [0.4, 0.5) is 0 Å². The van der Waals surface area contributed by atoms with Gasteiger partial charge in [0.25, 0.3) is 5.91 Å². The van der Waals surface area contributed by atoms with Crippen LogP contribution in [0.1, 0.15) is 39.0 Å². The van der Waals surface area contributed by atoms with Crippen molar-refractivity contribution in [1.29, 1.82) is 0 Å². The maximum atomic E-state index is 12.2. The van der Waals surface area contributed by atoms with Gasteiger partial charge in [-0.05, 0) is 67.0 Å². The van der Waals surface area contributed by atoms with E-state index in [9.17, 15) is 4.79 Å². The van der Waals surface area contributed by atoms with Gasteiger partial charge in [0.15, 0.2) is 0 Å². The summed E-state index contributed by atoms with van der Waals surface area (Å²) in [5, 5.41) is 3.03. The predicted octanol–water partition coefficient (Wildman–Crippen LogP) is 3.46. The third-order valence-electron chi connectivity index (χ3n) is 4.30. The topological polar surface area (TPSA) is 29.1 Å². The van der Waals surface area contributed by atoms with Crippen molar-refractivity contribution in [1.82, 2.24) is 5.32 Å². The minimum absolute atomic E-state index is 0.0401. The average molecular weight is 279 g/mol. The summed E-state index contributed by atoms with van der Waals surface area (Å²) >= 11 is 0. The third-order valence-corrected chi connectivity index (χ3v) is 4.30. The quantitative estimate of drug-likeness (QED) is 0.912. The maximum Gasteiger partial charge on any atom is 0.251 e. The summed E-state index contributed by atoms with van der Waals surface area (Å²) in [7, 11) is 0. The highest BCUT2D eigenvalue weighted by molar-refractivity contribution is 5.94. The van der Waals surface area contributed by atoms with Crippen LogP contribution in [0.3, 0.4) is 0 Å². The number of hydrogen-bond acceptors (Lipinski definition) is 1. The predicted molar refractivity (Wildman–Crippen MR) is 85.7 cm³/mol. The highest BCUT2D eigenvalue weighted by Crippen LogP contribution is 2.22. The van der Waals surface area contributed by atoms with E-state index in [2.05, 4.69) is 36.5 Å². The van der Waals surface area contributed by atoms with Gasteiger partial charge < -0.3 is 5.32 Å². The van der Waals surface area contributed by atoms with Crippen LogP contribution in [0.15, 0.2) is 42.5 Å². The van der Waals surface area contributed by atoms with Crippen LogP contribution >= 0.6 is 0 Å². The molecule has 1 aliphatic carbocycles. The lowest BCUT2D eigenvalue weighted by Crippen LogP contribution is -2.26. The van der Waals surface area contributed by atoms with E-state index in [-0.39, 0.29) is 5.91 Å². The Morgan fingerprint density at radius 2 is 1.90 bits per heavy atom. The fourth-order valence-electron chi connectivity index (χ4n) is 3.02. The van der Waals surface area contributed by atoms with E-state index >= 15 is 0 Å². The number of fused-ring (bicyclic) bond motifs is 1. The molecule has 0 spiro atoms. The SMILES string of the molecule is Cc1ccccc1CCNC(=O)c1ccc2c(c1)CCC2. The standard InChI is InChI=1S/C19H21NO/c1-14-5-2-3-6-15(14)11-12-20-19(21)18-10-9-16-7-4-8-17(16)13-18/h2-3,5-6,9-10,13H,4,7-8,11-12H2,1H3,(H,20,21). The third kappa shape index (κ3) is 3.15. The minimum Gasteiger partial charge on any atom is -0.352 e. The van der Waals surface area contributed by atoms with Crippen molar-refractivity contribution in [3.05, 3.63) is 70.3 Å². The van der Waals surface area contributed by atoms with Crippen molar-refractivity contribution < 1.29 is 4.79 Å². The van der Waals surface area contributed by atoms with Gasteiger partial charge in [-0.3, -0.25) is 4.79 Å². The van der Waals surface area contributed by atoms with E-state index in [1.807, 2.05) is 18.2 Å². The fraction of sp³-hybridized carbons (Fsp3) is 0.316. The van der Waals surface area contributed by atoms with Crippen LogP contribution in [0.5, 0.6) is 0 Å². The molecule has 0 unspecified atom stereocenters. The number of benzene rings is 2. The zero-order valence-electron chi connectivity index (χ0n) is 12.5. The van der Waals surface area contributed by atoms with Crippen molar-refractivity contribution >= 4 is 5.91 Å². The Balaban J connectivity index is 1.58. The summed E-state index contributed by atoms with van der Waals surface area (Å²) in [4.78, 5) is 12.2. The van der Waals surface area contributed by atoms with Crippen molar-refractivity contribution in [2.24, 2.45) is 0 Å². The molecule has 3 rings (SSSR count). The molecule has 2 heteroatoms. The van der Waals surface area contributed by atoms with Gasteiger partial charge in [-0.25, -0.2) is 0 Å². The number of hydrogen-bond donors (Lipinski definition) is 1. The van der Waals surface area contributed by atoms with Gasteiger partial charge in [-0.15, -0.1) is 0 Å². The molecule has 0 saturated heterocycles. The van der Waals surface area contributed by atoms with Crippen molar-refractivity contribution in [2.75, 3.05) is 6.54 Å². The van der Waals surface area contributed by atoms with Crippen LogP contribution in [0.25, 0.3) is 0 Å². The first-order valence-corrected chi connectivity index (χ1v) is 7.68. The Labute approximate surface area is 126 Å². The molecule has 0 aromatic heterocycles. The number of carbonyl (C=O) groups is 1. The first kappa shape index (κ1) is 13.9. The number of rotatable bonds is 4. The van der Waals surface area contributed by atoms with Crippen LogP contribution in [-0.4, -0.2) is 12.5 Å². The molecule has 1 amide bonds. The molecule has 21 heavy (non-hydrogen) atoms. The summed E-state index contributed by atoms with van der Waals surface area (Å²) in [6.45, 7) is 2.79. The molecule has 0 radical (unpaired) electrons. The molecule has 1 N–H and O–H groups in total. The Kier molecular flexibility index (Phi) is 4.05. The van der Waals surface area contributed by atoms with Crippen LogP contribution in [0.2, 0.25) is 0 Å². The van der Waals surface area contributed by atoms with Gasteiger partial charge >= 0.3 is 0 Å². The van der Waals surface area contributed by atoms with Crippen molar-refractivity contribution in [3.63, 3.8) is 0 Å². The van der Waals surface area contributed by atoms with Gasteiger partial charge in [-0.2, -0.15) is 0 Å². The Morgan fingerprint density at radius 1 is 1.10 bits per heavy atom. The summed E-state index contributed by atoms with van der Waals surface area (Å²) in [5.74, 6) is 0.0401. The summed E-state index contributed by atoms with van der Waals surface area (Å²) < 4.78 is 0. The zero-order chi connectivity index (χ0) is 14.7. The molecule has 2 aromatic rings. The monoisotopic (exact) mass is 279 g/mol. The zero-order valence-corrected chi connectivity index (χ0v) is 12.5. The van der Waals surface area contributed by atoms with E-state index in [0.29, 0.717) is 6.54 Å². The lowest BCUT2D eigenvalue weighted by Gasteiger charge is -2.08. The number of nitrogens with one attached hydrogen (secondary N) is 1. The second kappa shape index (κ2) is 6.13. The highest BCUT2D eigenvalue weighted by atomic mass is 16.1. The van der Waals surface area contributed by atoms with Gasteiger partial charge in [-0.1, -0.05) is 30.3 Å². The second-order valence-corrected chi connectivity index (χ2v) is 5.77. The van der Waals surface area contributed by atoms with Crippen molar-refractivity contribution in [2.45, 2.75) is 32.6 Å². The molecule has 0 fully saturated rings. The van der Waals surface area contributed by atoms with E-state index in [0.717, 1.165) is 24.8 Å². The molecular weight excluding hydrogens is 258 g/mol. The van der Waals surface area contributed by atoms with Gasteiger partial charge in [0.05, 0.1) is 0 Å². The lowest BCUT2D eigenvalue weighted by atomic mass is 10.0. The lowest BCUT2D eigenvalue weighted by molar-refractivity contribution is 0.0954. The minimum atomic E-state index is 0.0401. The Bertz CT molecular complexity index is 660. The number of carbonyl (C=O) groups excluding carboxylic acids is 1. The highest BCUT2D eigenvalue weighted by Gasteiger charge is 2.13. The van der Waals surface area contributed by atoms with E-state index < -0.39 is 0 Å². The molecule has 0 atom stereocenters. The largest absolute Gasteiger partial charge is 0.352 e. The van der Waals surface area contributed by atoms with Gasteiger partial charge in [0.1, 0.15) is 0 Å². The van der Waals surface area contributed by atoms with Crippen molar-refractivity contribution in [3.8, 4) is 0 Å². The van der Waals surface area contributed by atoms with Crippen LogP contribution < -0.4 is 5.32 Å². The molecule has 0 bridgehead atoms. The van der Waals surface area contributed by atoms with E-state index in [1.165, 1.54) is 28.7 Å². The van der Waals surface area contributed by atoms with E-state index in [1.54, 1.807) is 0 Å². The average Bonchev–Trinajstić information content (AvgIpc) is 2.96. The van der Waals surface area contributed by atoms with Crippen LogP contribution in [0, 0.1) is 6.92 Å². The molecule has 108 valence electrons. The molecule has 2 nitrogen and oxygen atoms in total. The molecule has 0 heterocycles. The van der Waals surface area contributed by atoms with E-state index in [4.69, 9.17) is 0 Å². The maximum absolute atomic E-state index is 12.2. The molecule has 2 aromatic carbocycles. The van der Waals surface area contributed by atoms with Crippen LogP contribution in [-0.2, 0) is 19.3 Å². The molecule has 1 aliphatic rings. The van der Waals surface area contributed by atoms with Gasteiger partial charge in [0.2, 0.25) is 0 Å². The normalized spacial score (nSPS) is 13.0. The summed E-state index contributed by atoms with van der Waals surface area (Å²) in [5.41, 5.74) is 6.13.